The summed E-state index contributed by atoms with van der Waals surface area (Å²) >= 11 is 0. The zero-order valence-electron chi connectivity index (χ0n) is 24.5. The van der Waals surface area contributed by atoms with Crippen molar-refractivity contribution in [2.45, 2.75) is 30.7 Å². The topological polar surface area (TPSA) is 18.5 Å². The lowest BCUT2D eigenvalue weighted by atomic mass is 9.89. The molecule has 5 aromatic rings. The number of fused-ring (bicyclic) bond motifs is 3. The van der Waals surface area contributed by atoms with Gasteiger partial charge in [-0.3, -0.25) is 0 Å². The van der Waals surface area contributed by atoms with Crippen molar-refractivity contribution in [1.82, 2.24) is 5.32 Å². The quantitative estimate of drug-likeness (QED) is 0.195. The number of para-hydroxylation sites is 2. The van der Waals surface area contributed by atoms with Gasteiger partial charge in [0.05, 0.1) is 11.1 Å². The fourth-order valence-corrected chi connectivity index (χ4v) is 6.71. The predicted octanol–water partition coefficient (Wildman–Crippen LogP) is 10.5. The number of halogens is 6. The van der Waals surface area contributed by atoms with Gasteiger partial charge in [-0.05, 0) is 102 Å². The zero-order valence-corrected chi connectivity index (χ0v) is 24.5. The number of hydrogen-bond acceptors (Lipinski definition) is 3. The third kappa shape index (κ3) is 5.60. The molecule has 0 saturated carbocycles. The summed E-state index contributed by atoms with van der Waals surface area (Å²) in [6.45, 7) is 1.62. The van der Waals surface area contributed by atoms with Crippen molar-refractivity contribution < 1.29 is 26.3 Å². The Morgan fingerprint density at radius 1 is 0.609 bits per heavy atom. The molecule has 234 valence electrons. The van der Waals surface area contributed by atoms with E-state index in [-0.39, 0.29) is 29.2 Å². The summed E-state index contributed by atoms with van der Waals surface area (Å²) in [5.74, 6) is 0.189. The highest BCUT2D eigenvalue weighted by Gasteiger charge is 2.41. The number of anilines is 5. The van der Waals surface area contributed by atoms with Crippen molar-refractivity contribution >= 4 is 28.4 Å². The molecule has 0 radical (unpaired) electrons. The molecule has 3 nitrogen and oxygen atoms in total. The maximum atomic E-state index is 13.5. The van der Waals surface area contributed by atoms with Gasteiger partial charge in [0.25, 0.3) is 0 Å². The van der Waals surface area contributed by atoms with Gasteiger partial charge in [-0.2, -0.15) is 26.3 Å². The molecule has 2 unspecified atom stereocenters. The molecular formula is C37H29F6N3. The van der Waals surface area contributed by atoms with Gasteiger partial charge < -0.3 is 15.1 Å². The Hall–Kier alpha value is -4.76. The fourth-order valence-electron chi connectivity index (χ4n) is 6.71. The van der Waals surface area contributed by atoms with Gasteiger partial charge in [0, 0.05) is 46.9 Å². The first kappa shape index (κ1) is 29.9. The van der Waals surface area contributed by atoms with Crippen LogP contribution in [0.4, 0.5) is 54.8 Å². The summed E-state index contributed by atoms with van der Waals surface area (Å²) in [6.07, 6.45) is -8.94. The lowest BCUT2D eigenvalue weighted by Gasteiger charge is -2.34. The molecule has 46 heavy (non-hydrogen) atoms. The number of nitrogens with one attached hydrogen (secondary N) is 1. The Bertz CT molecular complexity index is 1760. The molecule has 0 amide bonds. The summed E-state index contributed by atoms with van der Waals surface area (Å²) in [5, 5.41) is 3.52. The number of benzene rings is 5. The minimum Gasteiger partial charge on any atom is -0.337 e. The molecular weight excluding hydrogens is 600 g/mol. The summed E-state index contributed by atoms with van der Waals surface area (Å²) in [4.78, 5) is 4.48. The summed E-state index contributed by atoms with van der Waals surface area (Å²) < 4.78 is 81.0. The van der Waals surface area contributed by atoms with Crippen LogP contribution in [0.25, 0.3) is 11.1 Å². The number of alkyl halides is 6. The minimum atomic E-state index is -4.91. The highest BCUT2D eigenvalue weighted by molar-refractivity contribution is 5.82. The molecule has 5 aromatic carbocycles. The Kier molecular flexibility index (Phi) is 7.51. The first-order valence-corrected chi connectivity index (χ1v) is 15.0. The average molecular weight is 630 g/mol. The molecule has 2 aliphatic heterocycles. The van der Waals surface area contributed by atoms with Gasteiger partial charge in [0.2, 0.25) is 0 Å². The molecule has 7 rings (SSSR count). The van der Waals surface area contributed by atoms with Crippen LogP contribution in [0.15, 0.2) is 121 Å². The second-order valence-electron chi connectivity index (χ2n) is 11.6. The van der Waals surface area contributed by atoms with Gasteiger partial charge in [-0.1, -0.05) is 48.5 Å². The van der Waals surface area contributed by atoms with E-state index >= 15 is 0 Å². The summed E-state index contributed by atoms with van der Waals surface area (Å²) in [7, 11) is 0. The minimum absolute atomic E-state index is 0.137. The Morgan fingerprint density at radius 2 is 1.20 bits per heavy atom. The molecule has 1 fully saturated rings. The van der Waals surface area contributed by atoms with E-state index in [4.69, 9.17) is 0 Å². The first-order chi connectivity index (χ1) is 22.1. The van der Waals surface area contributed by atoms with Gasteiger partial charge in [0.15, 0.2) is 0 Å². The average Bonchev–Trinajstić information content (AvgIpc) is 3.39. The van der Waals surface area contributed by atoms with Crippen LogP contribution in [-0.2, 0) is 12.4 Å². The molecule has 9 heteroatoms. The lowest BCUT2D eigenvalue weighted by molar-refractivity contribution is -0.143. The molecule has 1 saturated heterocycles. The highest BCUT2D eigenvalue weighted by Crippen LogP contribution is 2.50. The number of hydrogen-bond donors (Lipinski definition) is 1. The molecule has 0 spiro atoms. The van der Waals surface area contributed by atoms with Crippen LogP contribution < -0.4 is 15.1 Å². The maximum absolute atomic E-state index is 13.5. The molecule has 0 aliphatic carbocycles. The van der Waals surface area contributed by atoms with Crippen molar-refractivity contribution in [3.05, 3.63) is 138 Å². The van der Waals surface area contributed by atoms with E-state index in [0.717, 1.165) is 60.1 Å². The van der Waals surface area contributed by atoms with Crippen LogP contribution in [0, 0.1) is 0 Å². The first-order valence-electron chi connectivity index (χ1n) is 15.0. The van der Waals surface area contributed by atoms with Crippen LogP contribution in [-0.4, -0.2) is 19.1 Å². The van der Waals surface area contributed by atoms with Gasteiger partial charge in [0.1, 0.15) is 0 Å². The van der Waals surface area contributed by atoms with Crippen LogP contribution >= 0.6 is 0 Å². The molecule has 2 aliphatic rings. The van der Waals surface area contributed by atoms with Crippen LogP contribution in [0.1, 0.15) is 29.0 Å². The van der Waals surface area contributed by atoms with E-state index in [9.17, 15) is 26.3 Å². The van der Waals surface area contributed by atoms with E-state index in [0.29, 0.717) is 0 Å². The second kappa shape index (κ2) is 11.6. The molecule has 0 aromatic heterocycles. The molecule has 0 bridgehead atoms. The third-order valence-corrected chi connectivity index (χ3v) is 8.80. The zero-order chi connectivity index (χ0) is 32.1. The van der Waals surface area contributed by atoms with Crippen molar-refractivity contribution in [2.75, 3.05) is 22.9 Å². The van der Waals surface area contributed by atoms with Crippen molar-refractivity contribution in [2.24, 2.45) is 0 Å². The van der Waals surface area contributed by atoms with Gasteiger partial charge in [-0.15, -0.1) is 0 Å². The van der Waals surface area contributed by atoms with Crippen molar-refractivity contribution in [1.29, 1.82) is 0 Å². The molecule has 2 atom stereocenters. The lowest BCUT2D eigenvalue weighted by Crippen LogP contribution is -2.42. The van der Waals surface area contributed by atoms with E-state index in [1.54, 1.807) is 24.3 Å². The Balaban J connectivity index is 1.27. The van der Waals surface area contributed by atoms with E-state index in [2.05, 4.69) is 57.6 Å². The summed E-state index contributed by atoms with van der Waals surface area (Å²) in [5.41, 5.74) is 3.60. The maximum Gasteiger partial charge on any atom is 0.416 e. The SMILES string of the molecule is FC(F)(F)c1cc(-c2ccc(N3c4ccc(N(c5ccccc5)c5ccccc5)cc4C4CNCCC43)cc2)cc(C(F)(F)F)c1. The largest absolute Gasteiger partial charge is 0.416 e. The Labute approximate surface area is 262 Å². The van der Waals surface area contributed by atoms with Crippen molar-refractivity contribution in [3.63, 3.8) is 0 Å². The smallest absolute Gasteiger partial charge is 0.337 e. The molecule has 2 heterocycles. The standard InChI is InChI=1S/C37H29F6N3/c38-36(39,40)26-19-25(20-27(21-26)37(41,42)43)24-11-13-30(14-12-24)46-34-16-15-31(22-32(34)33-23-44-18-17-35(33)46)45(28-7-3-1-4-8-28)29-9-5-2-6-10-29/h1-16,19-22,33,35,44H,17-18,23H2. The highest BCUT2D eigenvalue weighted by atomic mass is 19.4. The summed E-state index contributed by atoms with van der Waals surface area (Å²) in [6, 6.07) is 35.3. The van der Waals surface area contributed by atoms with Crippen LogP contribution in [0.3, 0.4) is 0 Å². The van der Waals surface area contributed by atoms with Crippen LogP contribution in [0.2, 0.25) is 0 Å². The van der Waals surface area contributed by atoms with Gasteiger partial charge >= 0.3 is 12.4 Å². The number of rotatable bonds is 5. The van der Waals surface area contributed by atoms with Crippen LogP contribution in [0.5, 0.6) is 0 Å². The monoisotopic (exact) mass is 629 g/mol. The second-order valence-corrected chi connectivity index (χ2v) is 11.6. The fraction of sp³-hybridized carbons (Fsp3) is 0.189. The van der Waals surface area contributed by atoms with E-state index in [1.165, 1.54) is 5.56 Å². The third-order valence-electron chi connectivity index (χ3n) is 8.80. The number of piperidine rings is 1. The molecule has 1 N–H and O–H groups in total. The normalized spacial score (nSPS) is 17.8. The Morgan fingerprint density at radius 3 is 1.76 bits per heavy atom. The van der Waals surface area contributed by atoms with E-state index in [1.807, 2.05) is 36.4 Å². The number of nitrogens with zero attached hydrogens (tertiary/aromatic N) is 2. The van der Waals surface area contributed by atoms with Crippen molar-refractivity contribution in [3.8, 4) is 11.1 Å². The predicted molar refractivity (Wildman–Crippen MR) is 169 cm³/mol. The van der Waals surface area contributed by atoms with Gasteiger partial charge in [-0.25, -0.2) is 0 Å². The van der Waals surface area contributed by atoms with E-state index < -0.39 is 23.5 Å².